The van der Waals surface area contributed by atoms with E-state index in [0.29, 0.717) is 12.8 Å². The molecule has 0 heterocycles. The molecule has 3 unspecified atom stereocenters. The molecule has 1 rings (SSSR count). The van der Waals surface area contributed by atoms with Gasteiger partial charge in [-0.2, -0.15) is 0 Å². The Kier molecular flexibility index (Phi) is 4.54. The molecule has 0 bridgehead atoms. The maximum atomic E-state index is 12.0. The smallest absolute Gasteiger partial charge is 0.303 e. The van der Waals surface area contributed by atoms with Gasteiger partial charge in [0.1, 0.15) is 0 Å². The minimum Gasteiger partial charge on any atom is -0.481 e. The molecule has 7 heteroatoms. The van der Waals surface area contributed by atoms with Gasteiger partial charge < -0.3 is 10.2 Å². The number of aliphatic hydroxyl groups is 1. The third kappa shape index (κ3) is 3.19. The van der Waals surface area contributed by atoms with E-state index in [2.05, 4.69) is 17.1 Å². The molecule has 4 atom stereocenters. The zero-order valence-corrected chi connectivity index (χ0v) is 10.4. The van der Waals surface area contributed by atoms with E-state index in [0.717, 1.165) is 0 Å². The number of rotatable bonds is 5. The lowest BCUT2D eigenvalue weighted by molar-refractivity contribution is -0.142. The van der Waals surface area contributed by atoms with Crippen molar-refractivity contribution in [3.63, 3.8) is 0 Å². The number of aliphatic carboxylic acids is 1. The van der Waals surface area contributed by atoms with E-state index in [1.807, 2.05) is 0 Å². The van der Waals surface area contributed by atoms with Gasteiger partial charge in [0.2, 0.25) is 0 Å². The van der Waals surface area contributed by atoms with E-state index in [1.165, 1.54) is 6.92 Å². The summed E-state index contributed by atoms with van der Waals surface area (Å²) in [5, 5.41) is 18.4. The second kappa shape index (κ2) is 5.34. The molecule has 6 nitrogen and oxygen atoms in total. The fraction of sp³-hybridized carbons (Fsp3) is 0.800. The van der Waals surface area contributed by atoms with Crippen LogP contribution in [0.3, 0.4) is 0 Å². The molecule has 1 aliphatic rings. The molecule has 0 aromatic carbocycles. The van der Waals surface area contributed by atoms with Gasteiger partial charge in [-0.25, -0.2) is 0 Å². The van der Waals surface area contributed by atoms with E-state index in [1.54, 1.807) is 0 Å². The number of hydrogen-bond donors (Lipinski definition) is 4. The molecule has 0 aliphatic heterocycles. The van der Waals surface area contributed by atoms with Crippen LogP contribution in [-0.4, -0.2) is 33.8 Å². The number of hydrogen-bond acceptors (Lipinski definition) is 6. The third-order valence-corrected chi connectivity index (χ3v) is 3.59. The van der Waals surface area contributed by atoms with Crippen LogP contribution in [-0.2, 0) is 13.8 Å². The average molecular weight is 263 g/mol. The van der Waals surface area contributed by atoms with Crippen LogP contribution in [0.25, 0.3) is 0 Å². The van der Waals surface area contributed by atoms with Crippen molar-refractivity contribution in [2.75, 3.05) is 0 Å². The van der Waals surface area contributed by atoms with Gasteiger partial charge in [0.15, 0.2) is 11.5 Å². The normalized spacial score (nSPS) is 32.1. The molecule has 98 valence electrons. The standard InChI is InChI=1S/C10H17NO5S/c1-10(11,16-17)9(15)5-2-3-7(12)6(5)4-8(13)14/h5-7,12,17H,2-4,11H2,1H3,(H,13,14)/t5?,6?,7?,10-/m1/s1. The Labute approximate surface area is 105 Å². The van der Waals surface area contributed by atoms with Crippen molar-refractivity contribution in [1.29, 1.82) is 0 Å². The molecule has 1 saturated carbocycles. The fourth-order valence-electron chi connectivity index (χ4n) is 2.27. The summed E-state index contributed by atoms with van der Waals surface area (Å²) in [7, 11) is 0. The van der Waals surface area contributed by atoms with Crippen molar-refractivity contribution in [1.82, 2.24) is 0 Å². The fourth-order valence-corrected chi connectivity index (χ4v) is 2.36. The minimum absolute atomic E-state index is 0.250. The van der Waals surface area contributed by atoms with Gasteiger partial charge in [0.25, 0.3) is 0 Å². The molecule has 0 radical (unpaired) electrons. The highest BCUT2D eigenvalue weighted by Crippen LogP contribution is 2.37. The number of carboxylic acids is 1. The van der Waals surface area contributed by atoms with E-state index in [4.69, 9.17) is 10.8 Å². The van der Waals surface area contributed by atoms with Gasteiger partial charge in [-0.3, -0.25) is 19.5 Å². The Morgan fingerprint density at radius 1 is 1.53 bits per heavy atom. The number of carboxylic acid groups (broad SMARTS) is 1. The van der Waals surface area contributed by atoms with Crippen LogP contribution < -0.4 is 5.73 Å². The van der Waals surface area contributed by atoms with Crippen LogP contribution in [0.1, 0.15) is 26.2 Å². The van der Waals surface area contributed by atoms with Crippen LogP contribution in [0.5, 0.6) is 0 Å². The Balaban J connectivity index is 2.82. The van der Waals surface area contributed by atoms with E-state index < -0.39 is 35.4 Å². The number of ketones is 1. The maximum Gasteiger partial charge on any atom is 0.303 e. The van der Waals surface area contributed by atoms with Gasteiger partial charge in [-0.05, 0) is 32.7 Å². The first-order valence-corrected chi connectivity index (χ1v) is 5.71. The van der Waals surface area contributed by atoms with Gasteiger partial charge >= 0.3 is 5.97 Å². The molecule has 4 N–H and O–H groups in total. The summed E-state index contributed by atoms with van der Waals surface area (Å²) >= 11 is 3.53. The average Bonchev–Trinajstić information content (AvgIpc) is 2.59. The molecular formula is C10H17NO5S. The largest absolute Gasteiger partial charge is 0.481 e. The van der Waals surface area contributed by atoms with Gasteiger partial charge in [0, 0.05) is 11.8 Å². The molecule has 1 aliphatic carbocycles. The first-order valence-electron chi connectivity index (χ1n) is 5.35. The monoisotopic (exact) mass is 263 g/mol. The molecule has 0 amide bonds. The zero-order valence-electron chi connectivity index (χ0n) is 9.50. The van der Waals surface area contributed by atoms with Crippen LogP contribution >= 0.6 is 12.9 Å². The van der Waals surface area contributed by atoms with Crippen molar-refractivity contribution >= 4 is 24.7 Å². The van der Waals surface area contributed by atoms with Crippen molar-refractivity contribution in [2.24, 2.45) is 17.6 Å². The van der Waals surface area contributed by atoms with Gasteiger partial charge in [-0.1, -0.05) is 0 Å². The number of aliphatic hydroxyl groups excluding tert-OH is 1. The number of thiol groups is 1. The van der Waals surface area contributed by atoms with E-state index in [-0.39, 0.29) is 6.42 Å². The van der Waals surface area contributed by atoms with Crippen molar-refractivity contribution in [2.45, 2.75) is 38.0 Å². The SMILES string of the molecule is C[C@@](N)(OS)C(=O)C1CCC(O)C1CC(=O)O. The van der Waals surface area contributed by atoms with Crippen LogP contribution in [0.2, 0.25) is 0 Å². The summed E-state index contributed by atoms with van der Waals surface area (Å²) in [6.07, 6.45) is -0.213. The van der Waals surface area contributed by atoms with Crippen molar-refractivity contribution in [3.05, 3.63) is 0 Å². The highest BCUT2D eigenvalue weighted by atomic mass is 32.1. The summed E-state index contributed by atoms with van der Waals surface area (Å²) in [5.41, 5.74) is 4.04. The predicted molar refractivity (Wildman–Crippen MR) is 62.1 cm³/mol. The zero-order chi connectivity index (χ0) is 13.2. The van der Waals surface area contributed by atoms with Crippen LogP contribution in [0, 0.1) is 11.8 Å². The first kappa shape index (κ1) is 14.4. The lowest BCUT2D eigenvalue weighted by Crippen LogP contribution is -2.50. The van der Waals surface area contributed by atoms with Crippen molar-refractivity contribution < 1.29 is 24.0 Å². The number of carbonyl (C=O) groups excluding carboxylic acids is 1. The number of carbonyl (C=O) groups is 2. The summed E-state index contributed by atoms with van der Waals surface area (Å²) < 4.78 is 4.59. The summed E-state index contributed by atoms with van der Waals surface area (Å²) in [6.45, 7) is 1.37. The highest BCUT2D eigenvalue weighted by Gasteiger charge is 2.45. The topological polar surface area (TPSA) is 110 Å². The lowest BCUT2D eigenvalue weighted by Gasteiger charge is -2.27. The number of Topliss-reactive ketones (excluding diaryl/α,β-unsaturated/α-hetero) is 1. The Hall–Kier alpha value is -0.630. The van der Waals surface area contributed by atoms with Crippen LogP contribution in [0.4, 0.5) is 0 Å². The molecule has 17 heavy (non-hydrogen) atoms. The lowest BCUT2D eigenvalue weighted by atomic mass is 9.85. The van der Waals surface area contributed by atoms with Crippen LogP contribution in [0.15, 0.2) is 0 Å². The molecule has 0 aromatic heterocycles. The second-order valence-corrected chi connectivity index (χ2v) is 4.76. The van der Waals surface area contributed by atoms with E-state index >= 15 is 0 Å². The minimum atomic E-state index is -1.56. The summed E-state index contributed by atoms with van der Waals surface area (Å²) in [4.78, 5) is 22.7. The summed E-state index contributed by atoms with van der Waals surface area (Å²) in [6, 6.07) is 0. The molecule has 0 spiro atoms. The molecular weight excluding hydrogens is 246 g/mol. The Bertz CT molecular complexity index is 320. The van der Waals surface area contributed by atoms with Gasteiger partial charge in [-0.15, -0.1) is 0 Å². The quantitative estimate of drug-likeness (QED) is 0.314. The van der Waals surface area contributed by atoms with E-state index in [9.17, 15) is 14.7 Å². The molecule has 0 saturated heterocycles. The van der Waals surface area contributed by atoms with Gasteiger partial charge in [0.05, 0.1) is 12.5 Å². The maximum absolute atomic E-state index is 12.0. The first-order chi connectivity index (χ1) is 7.79. The third-order valence-electron chi connectivity index (χ3n) is 3.21. The Morgan fingerprint density at radius 3 is 2.59 bits per heavy atom. The second-order valence-electron chi connectivity index (χ2n) is 4.58. The molecule has 0 aromatic rings. The predicted octanol–water partition coefficient (Wildman–Crippen LogP) is -0.0464. The summed E-state index contributed by atoms with van der Waals surface area (Å²) in [5.74, 6) is -2.66. The molecule has 1 fully saturated rings. The Morgan fingerprint density at radius 2 is 2.12 bits per heavy atom. The number of nitrogens with two attached hydrogens (primary N) is 1. The highest BCUT2D eigenvalue weighted by molar-refractivity contribution is 7.75. The van der Waals surface area contributed by atoms with Crippen molar-refractivity contribution in [3.8, 4) is 0 Å².